The summed E-state index contributed by atoms with van der Waals surface area (Å²) in [5, 5.41) is 174. The molecule has 4 amide bonds. The Morgan fingerprint density at radius 1 is 0.637 bits per heavy atom. The highest BCUT2D eigenvalue weighted by atomic mass is 16.8. The van der Waals surface area contributed by atoms with Gasteiger partial charge in [-0.3, -0.25) is 28.8 Å². The average molecular weight is 1460 g/mol. The van der Waals surface area contributed by atoms with E-state index in [2.05, 4.69) is 53.1 Å². The molecule has 5 fully saturated rings. The highest BCUT2D eigenvalue weighted by molar-refractivity contribution is 5.88. The van der Waals surface area contributed by atoms with Crippen molar-refractivity contribution in [3.05, 3.63) is 40.7 Å². The van der Waals surface area contributed by atoms with Gasteiger partial charge in [0, 0.05) is 51.6 Å². The van der Waals surface area contributed by atoms with Crippen LogP contribution in [0.5, 0.6) is 0 Å². The van der Waals surface area contributed by atoms with E-state index >= 15 is 0 Å². The van der Waals surface area contributed by atoms with Gasteiger partial charge in [0.1, 0.15) is 116 Å². The number of rotatable bonds is 38. The molecule has 9 unspecified atom stereocenters. The van der Waals surface area contributed by atoms with Crippen LogP contribution in [0.3, 0.4) is 0 Å². The summed E-state index contributed by atoms with van der Waals surface area (Å²) in [6.07, 6.45) is -26.3. The summed E-state index contributed by atoms with van der Waals surface area (Å²) < 4.78 is 53.0. The van der Waals surface area contributed by atoms with Gasteiger partial charge in [0.05, 0.1) is 57.6 Å². The number of hydrogen-bond donors (Lipinski definition) is 21. The SMILES string of the molecule is C=C1[C@H](COC(=O)NCc2cn(CCCC(=O)NC(CCC(=O)NCCCCCCO[C@@H]3OC(CO)[C@@H](O[C@@H]4OC(CO)[C@H](O)[C@H](O)C4O)[C@H](O)C3O)C(=O)NCCCCCCO[C@@H]3OC(CO)[C@@H](O[C@@H]4OC(CO)[C@H](O)[C@H](O)C4O)[C@H](O)C3O)nn2)[C@@H](O)C[C@@H]1n1cnc2c(=O)[nH]c(N)nc21. The van der Waals surface area contributed by atoms with Crippen molar-refractivity contribution in [1.82, 2.24) is 55.8 Å². The number of nitrogen functional groups attached to an aromatic ring is 1. The van der Waals surface area contributed by atoms with E-state index in [9.17, 15) is 101 Å². The summed E-state index contributed by atoms with van der Waals surface area (Å²) in [6, 6.07) is -1.63. The van der Waals surface area contributed by atoms with Gasteiger partial charge in [-0.1, -0.05) is 37.5 Å². The van der Waals surface area contributed by atoms with Gasteiger partial charge in [0.15, 0.2) is 36.3 Å². The summed E-state index contributed by atoms with van der Waals surface area (Å²) in [6.45, 7) is 1.60. The van der Waals surface area contributed by atoms with E-state index in [0.29, 0.717) is 62.6 Å². The largest absolute Gasteiger partial charge is 0.449 e. The molecule has 4 aliphatic heterocycles. The van der Waals surface area contributed by atoms with E-state index in [1.165, 1.54) is 11.0 Å². The molecule has 41 nitrogen and oxygen atoms in total. The number of nitrogens with one attached hydrogen (secondary N) is 5. The third-order valence-electron chi connectivity index (χ3n) is 18.4. The van der Waals surface area contributed by atoms with Crippen LogP contribution in [0.4, 0.5) is 10.7 Å². The Morgan fingerprint density at radius 3 is 1.73 bits per heavy atom. The zero-order chi connectivity index (χ0) is 73.9. The minimum atomic E-state index is -1.83. The zero-order valence-corrected chi connectivity index (χ0v) is 55.9. The lowest BCUT2D eigenvalue weighted by Gasteiger charge is -2.45. The number of aromatic nitrogens is 7. The number of fused-ring (bicyclic) bond motifs is 1. The number of aromatic amines is 1. The number of aliphatic hydroxyl groups excluding tert-OH is 15. The molecular weight excluding hydrogens is 1360 g/mol. The quantitative estimate of drug-likeness (QED) is 0.0187. The van der Waals surface area contributed by atoms with Crippen LogP contribution >= 0.6 is 0 Å². The molecule has 5 aliphatic rings. The maximum Gasteiger partial charge on any atom is 0.407 e. The second-order valence-corrected chi connectivity index (χ2v) is 25.7. The molecule has 0 aromatic carbocycles. The number of ether oxygens (including phenoxy) is 9. The number of unbranched alkanes of at least 4 members (excludes halogenated alkanes) is 6. The number of amides is 4. The Hall–Kier alpha value is -6.21. The van der Waals surface area contributed by atoms with E-state index in [0.717, 1.165) is 0 Å². The molecule has 102 heavy (non-hydrogen) atoms. The maximum atomic E-state index is 13.7. The number of hydrogen-bond acceptors (Lipinski definition) is 34. The van der Waals surface area contributed by atoms with Crippen LogP contribution in [0.1, 0.15) is 95.2 Å². The first-order valence-electron chi connectivity index (χ1n) is 34.0. The second kappa shape index (κ2) is 39.2. The summed E-state index contributed by atoms with van der Waals surface area (Å²) in [4.78, 5) is 75.9. The van der Waals surface area contributed by atoms with Gasteiger partial charge in [-0.15, -0.1) is 5.10 Å². The number of nitrogens with zero attached hydrogens (tertiary/aromatic N) is 6. The van der Waals surface area contributed by atoms with Gasteiger partial charge in [-0.05, 0) is 50.5 Å². The number of anilines is 1. The molecule has 7 heterocycles. The van der Waals surface area contributed by atoms with Crippen LogP contribution in [-0.2, 0) is 70.1 Å². The molecule has 1 aliphatic carbocycles. The minimum absolute atomic E-state index is 0.0281. The van der Waals surface area contributed by atoms with Gasteiger partial charge < -0.3 is 151 Å². The number of carbonyl (C=O) groups is 4. The number of aryl methyl sites for hydroxylation is 1. The normalized spacial score (nSPS) is 33.0. The maximum absolute atomic E-state index is 13.7. The Balaban J connectivity index is 0.740. The summed E-state index contributed by atoms with van der Waals surface area (Å²) in [7, 11) is 0. The predicted molar refractivity (Wildman–Crippen MR) is 341 cm³/mol. The van der Waals surface area contributed by atoms with Crippen molar-refractivity contribution < 1.29 is 138 Å². The molecule has 576 valence electrons. The Morgan fingerprint density at radius 2 is 1.17 bits per heavy atom. The molecular formula is C61H98N12O29. The van der Waals surface area contributed by atoms with Gasteiger partial charge in [0.2, 0.25) is 23.7 Å². The first-order chi connectivity index (χ1) is 48.9. The van der Waals surface area contributed by atoms with Gasteiger partial charge in [-0.2, -0.15) is 4.98 Å². The fraction of sp³-hybridized carbons (Fsp3) is 0.787. The molecule has 24 atom stereocenters. The van der Waals surface area contributed by atoms with E-state index in [4.69, 9.17) is 48.4 Å². The monoisotopic (exact) mass is 1460 g/mol. The lowest BCUT2D eigenvalue weighted by molar-refractivity contribution is -0.359. The highest BCUT2D eigenvalue weighted by Gasteiger charge is 2.53. The van der Waals surface area contributed by atoms with Gasteiger partial charge in [0.25, 0.3) is 5.56 Å². The van der Waals surface area contributed by atoms with Crippen molar-refractivity contribution in [3.8, 4) is 0 Å². The van der Waals surface area contributed by atoms with Gasteiger partial charge >= 0.3 is 6.09 Å². The third kappa shape index (κ3) is 21.3. The summed E-state index contributed by atoms with van der Waals surface area (Å²) >= 11 is 0. The third-order valence-corrected chi connectivity index (χ3v) is 18.4. The molecule has 3 aromatic rings. The van der Waals surface area contributed by atoms with Gasteiger partial charge in [-0.25, -0.2) is 9.78 Å². The average Bonchev–Trinajstić information content (AvgIpc) is 1.52. The standard InChI is InChI=1S/C61H98N12O29/c1-28-30(33(78)19-32(28)73-27-66-40-53(73)68-60(62)69-55(40)92)26-96-61(93)65-20-29-21-72(71-70-29)16-10-11-39(80)67-31(54(91)64-15-7-3-5-9-18-95-57-50(90)46(86)52(37(25-77)100-57)102-59-48(88)44(84)42(82)35(23-75)98-59)12-13-38(79)63-14-6-2-4-8-17-94-56-49(89)45(85)51(36(24-76)99-56)101-58-47(87)43(83)41(81)34(22-74)97-58/h21,27,30-37,41-52,56-59,74-78,81-90H,1-20,22-26H2,(H,63,79)(H,64,91)(H,65,93)(H,67,80)(H3,62,68,69,92)/t30-,31?,32-,33-,34?,35?,36?,37?,41-,42-,43-,44-,45+,46+,47?,48?,49?,50?,51+,52+,56+,57+,58-,59-/m0/s1. The number of imidazole rings is 1. The molecule has 8 rings (SSSR count). The van der Waals surface area contributed by atoms with Crippen LogP contribution in [0, 0.1) is 5.92 Å². The first kappa shape index (κ1) is 81.5. The second-order valence-electron chi connectivity index (χ2n) is 25.7. The van der Waals surface area contributed by atoms with Crippen molar-refractivity contribution in [2.45, 2.75) is 238 Å². The Labute approximate surface area is 582 Å². The Bertz CT molecular complexity index is 3180. The van der Waals surface area contributed by atoms with E-state index in [1.807, 2.05) is 0 Å². The molecule has 0 bridgehead atoms. The minimum Gasteiger partial charge on any atom is -0.449 e. The molecule has 1 saturated carbocycles. The van der Waals surface area contributed by atoms with Crippen LogP contribution in [0.25, 0.3) is 11.2 Å². The molecule has 4 saturated heterocycles. The van der Waals surface area contributed by atoms with Crippen molar-refractivity contribution in [3.63, 3.8) is 0 Å². The van der Waals surface area contributed by atoms with E-state index in [1.54, 1.807) is 10.8 Å². The van der Waals surface area contributed by atoms with Crippen LogP contribution in [0.2, 0.25) is 0 Å². The smallest absolute Gasteiger partial charge is 0.407 e. The van der Waals surface area contributed by atoms with Crippen LogP contribution in [0.15, 0.2) is 29.5 Å². The number of H-pyrrole nitrogens is 1. The molecule has 22 N–H and O–H groups in total. The number of alkyl carbamates (subject to hydrolysis) is 1. The molecule has 0 spiro atoms. The van der Waals surface area contributed by atoms with Crippen LogP contribution < -0.4 is 32.6 Å². The fourth-order valence-electron chi connectivity index (χ4n) is 12.4. The topological polar surface area (TPSA) is 623 Å². The van der Waals surface area contributed by atoms with Crippen LogP contribution in [-0.4, -0.2) is 329 Å². The number of carbonyl (C=O) groups excluding carboxylic acids is 4. The zero-order valence-electron chi connectivity index (χ0n) is 55.9. The molecule has 3 aromatic heterocycles. The summed E-state index contributed by atoms with van der Waals surface area (Å²) in [5.41, 5.74) is 6.38. The molecule has 41 heteroatoms. The van der Waals surface area contributed by atoms with E-state index in [-0.39, 0.29) is 95.2 Å². The lowest BCUT2D eigenvalue weighted by atomic mass is 9.97. The first-order valence-corrected chi connectivity index (χ1v) is 34.0. The number of aliphatic hydroxyl groups is 15. The molecule has 0 radical (unpaired) electrons. The van der Waals surface area contributed by atoms with Crippen molar-refractivity contribution >= 4 is 40.9 Å². The van der Waals surface area contributed by atoms with Crippen molar-refractivity contribution in [2.24, 2.45) is 5.92 Å². The van der Waals surface area contributed by atoms with Crippen molar-refractivity contribution in [2.75, 3.05) is 65.1 Å². The summed E-state index contributed by atoms with van der Waals surface area (Å²) in [5.74, 6) is -2.20. The van der Waals surface area contributed by atoms with E-state index < -0.39 is 203 Å². The Kier molecular flexibility index (Phi) is 31.3. The number of nitrogens with two attached hydrogens (primary N) is 1. The van der Waals surface area contributed by atoms with Crippen molar-refractivity contribution in [1.29, 1.82) is 0 Å². The fourth-order valence-corrected chi connectivity index (χ4v) is 12.4. The highest BCUT2D eigenvalue weighted by Crippen LogP contribution is 2.41. The lowest BCUT2D eigenvalue weighted by Crippen LogP contribution is -2.64. The predicted octanol–water partition coefficient (Wildman–Crippen LogP) is -8.62.